The molecule has 1 aliphatic rings. The Balaban J connectivity index is 1.60. The van der Waals surface area contributed by atoms with E-state index in [0.29, 0.717) is 15.6 Å². The molecule has 1 aliphatic heterocycles. The number of anilines is 2. The van der Waals surface area contributed by atoms with Gasteiger partial charge in [-0.3, -0.25) is 14.5 Å². The van der Waals surface area contributed by atoms with E-state index in [1.54, 1.807) is 30.3 Å². The molecule has 1 heterocycles. The van der Waals surface area contributed by atoms with Crippen LogP contribution in [-0.2, 0) is 9.59 Å². The average molecular weight is 542 g/mol. The first-order valence-electron chi connectivity index (χ1n) is 11.1. The van der Waals surface area contributed by atoms with Crippen molar-refractivity contribution in [1.82, 2.24) is 0 Å². The predicted molar refractivity (Wildman–Crippen MR) is 147 cm³/mol. The summed E-state index contributed by atoms with van der Waals surface area (Å²) in [6.45, 7) is 4.10. The lowest BCUT2D eigenvalue weighted by molar-refractivity contribution is -0.114. The molecule has 9 heteroatoms. The smallest absolute Gasteiger partial charge is 0.283 e. The molecule has 1 N–H and O–H groups in total. The van der Waals surface area contributed by atoms with Crippen LogP contribution < -0.4 is 10.2 Å². The molecule has 0 atom stereocenters. The van der Waals surface area contributed by atoms with Crippen molar-refractivity contribution in [2.45, 2.75) is 19.8 Å². The van der Waals surface area contributed by atoms with Gasteiger partial charge in [0.2, 0.25) is 5.91 Å². The van der Waals surface area contributed by atoms with E-state index in [4.69, 9.17) is 23.2 Å². The molecule has 0 saturated heterocycles. The minimum atomic E-state index is -0.578. The van der Waals surface area contributed by atoms with Gasteiger partial charge in [0.1, 0.15) is 11.5 Å². The van der Waals surface area contributed by atoms with E-state index in [2.05, 4.69) is 10.3 Å². The van der Waals surface area contributed by atoms with Gasteiger partial charge in [-0.05, 0) is 53.5 Å². The van der Waals surface area contributed by atoms with Crippen LogP contribution >= 0.6 is 35.0 Å². The van der Waals surface area contributed by atoms with Gasteiger partial charge in [0.15, 0.2) is 5.17 Å². The number of hydrogen-bond donors (Lipinski definition) is 1. The van der Waals surface area contributed by atoms with Crippen LogP contribution in [-0.4, -0.2) is 22.7 Å². The lowest BCUT2D eigenvalue weighted by Gasteiger charge is -2.18. The first-order valence-corrected chi connectivity index (χ1v) is 12.8. The Hall–Kier alpha value is -3.13. The summed E-state index contributed by atoms with van der Waals surface area (Å²) < 4.78 is 14.7. The maximum Gasteiger partial charge on any atom is 0.283 e. The van der Waals surface area contributed by atoms with Gasteiger partial charge in [-0.25, -0.2) is 9.38 Å². The monoisotopic (exact) mass is 541 g/mol. The van der Waals surface area contributed by atoms with E-state index in [0.717, 1.165) is 23.0 Å². The molecule has 5 nitrogen and oxygen atoms in total. The summed E-state index contributed by atoms with van der Waals surface area (Å²) in [5.74, 6) is -1.15. The van der Waals surface area contributed by atoms with E-state index < -0.39 is 11.7 Å². The molecule has 0 saturated carbocycles. The summed E-state index contributed by atoms with van der Waals surface area (Å²) in [4.78, 5) is 31.7. The van der Waals surface area contributed by atoms with Crippen molar-refractivity contribution in [3.05, 3.63) is 99.4 Å². The highest BCUT2D eigenvalue weighted by Crippen LogP contribution is 2.32. The number of carbonyl (C=O) groups is 2. The quantitative estimate of drug-likeness (QED) is 0.331. The molecule has 0 aliphatic carbocycles. The van der Waals surface area contributed by atoms with Crippen LogP contribution in [0.2, 0.25) is 10.0 Å². The minimum Gasteiger partial charge on any atom is -0.325 e. The van der Waals surface area contributed by atoms with Crippen molar-refractivity contribution >= 4 is 69.4 Å². The molecule has 3 aromatic carbocycles. The number of thioether (sulfide) groups is 1. The number of halogens is 3. The topological polar surface area (TPSA) is 61.8 Å². The van der Waals surface area contributed by atoms with E-state index in [1.807, 2.05) is 38.1 Å². The van der Waals surface area contributed by atoms with Crippen LogP contribution in [0.3, 0.4) is 0 Å². The van der Waals surface area contributed by atoms with Gasteiger partial charge in [0.05, 0.1) is 21.5 Å². The predicted octanol–water partition coefficient (Wildman–Crippen LogP) is 7.37. The van der Waals surface area contributed by atoms with Gasteiger partial charge in [-0.1, -0.05) is 85.2 Å². The normalized spacial score (nSPS) is 14.5. The molecule has 0 unspecified atom stereocenters. The zero-order valence-electron chi connectivity index (χ0n) is 19.5. The van der Waals surface area contributed by atoms with Gasteiger partial charge in [0.25, 0.3) is 5.91 Å². The lowest BCUT2D eigenvalue weighted by Crippen LogP contribution is -2.32. The number of nitrogens with zero attached hydrogens (tertiary/aromatic N) is 2. The molecule has 0 aromatic heterocycles. The van der Waals surface area contributed by atoms with E-state index >= 15 is 0 Å². The molecular weight excluding hydrogens is 520 g/mol. The van der Waals surface area contributed by atoms with E-state index in [1.165, 1.54) is 23.1 Å². The van der Waals surface area contributed by atoms with Crippen LogP contribution in [0.1, 0.15) is 30.9 Å². The maximum atomic E-state index is 14.7. The maximum absolute atomic E-state index is 14.7. The fourth-order valence-corrected chi connectivity index (χ4v) is 4.74. The van der Waals surface area contributed by atoms with Crippen molar-refractivity contribution in [3.63, 3.8) is 0 Å². The highest BCUT2D eigenvalue weighted by molar-refractivity contribution is 8.14. The Morgan fingerprint density at radius 1 is 1.08 bits per heavy atom. The van der Waals surface area contributed by atoms with E-state index in [9.17, 15) is 14.0 Å². The van der Waals surface area contributed by atoms with Crippen LogP contribution in [0.15, 0.2) is 77.4 Å². The van der Waals surface area contributed by atoms with Crippen molar-refractivity contribution in [2.24, 2.45) is 4.99 Å². The molecule has 2 amide bonds. The Morgan fingerprint density at radius 3 is 2.53 bits per heavy atom. The van der Waals surface area contributed by atoms with Crippen molar-refractivity contribution in [3.8, 4) is 0 Å². The molecule has 0 fully saturated rings. The van der Waals surface area contributed by atoms with Gasteiger partial charge in [-0.2, -0.15) is 0 Å². The second-order valence-electron chi connectivity index (χ2n) is 8.27. The molecule has 36 heavy (non-hydrogen) atoms. The number of para-hydroxylation sites is 2. The third-order valence-electron chi connectivity index (χ3n) is 5.36. The Bertz CT molecular complexity index is 1390. The standard InChI is InChI=1S/C27H22Cl2FN3O2S/c1-16(2)18-7-3-5-9-22(18)31-25(34)15-36-27-32-23(14-17-11-12-19(28)20(29)13-17)26(35)33(27)24-10-6-4-8-21(24)30/h3-14,16H,15H2,1-2H3,(H,31,34). The number of amidine groups is 1. The first-order chi connectivity index (χ1) is 17.2. The summed E-state index contributed by atoms with van der Waals surface area (Å²) in [5.41, 5.74) is 2.50. The Labute approximate surface area is 223 Å². The number of amides is 2. The number of nitrogens with one attached hydrogen (secondary N) is 1. The van der Waals surface area contributed by atoms with Crippen LogP contribution in [0.25, 0.3) is 6.08 Å². The summed E-state index contributed by atoms with van der Waals surface area (Å²) in [7, 11) is 0. The minimum absolute atomic E-state index is 0.0243. The van der Waals surface area contributed by atoms with Crippen LogP contribution in [0.4, 0.5) is 15.8 Å². The molecule has 0 spiro atoms. The molecule has 4 rings (SSSR count). The van der Waals surface area contributed by atoms with Gasteiger partial charge in [0, 0.05) is 5.69 Å². The largest absolute Gasteiger partial charge is 0.325 e. The second kappa shape index (κ2) is 11.3. The zero-order valence-corrected chi connectivity index (χ0v) is 21.8. The molecule has 0 bridgehead atoms. The zero-order chi connectivity index (χ0) is 25.8. The first kappa shape index (κ1) is 25.9. The van der Waals surface area contributed by atoms with Gasteiger partial charge in [-0.15, -0.1) is 0 Å². The van der Waals surface area contributed by atoms with E-state index in [-0.39, 0.29) is 34.1 Å². The number of aliphatic imine (C=N–C) groups is 1. The SMILES string of the molecule is CC(C)c1ccccc1NC(=O)CSC1=NC(=Cc2ccc(Cl)c(Cl)c2)C(=O)N1c1ccccc1F. The fraction of sp³-hybridized carbons (Fsp3) is 0.148. The second-order valence-corrected chi connectivity index (χ2v) is 10.0. The Morgan fingerprint density at radius 2 is 1.81 bits per heavy atom. The fourth-order valence-electron chi connectivity index (χ4n) is 3.63. The van der Waals surface area contributed by atoms with Crippen molar-refractivity contribution in [2.75, 3.05) is 16.0 Å². The van der Waals surface area contributed by atoms with Gasteiger partial charge < -0.3 is 5.32 Å². The third kappa shape index (κ3) is 5.81. The molecule has 3 aromatic rings. The third-order valence-corrected chi connectivity index (χ3v) is 7.04. The number of benzene rings is 3. The van der Waals surface area contributed by atoms with Crippen LogP contribution in [0, 0.1) is 5.82 Å². The summed E-state index contributed by atoms with van der Waals surface area (Å²) in [6, 6.07) is 18.4. The molecular formula is C27H22Cl2FN3O2S. The highest BCUT2D eigenvalue weighted by Gasteiger charge is 2.34. The lowest BCUT2D eigenvalue weighted by atomic mass is 10.0. The molecule has 184 valence electrons. The average Bonchev–Trinajstić information content (AvgIpc) is 3.15. The van der Waals surface area contributed by atoms with Crippen LogP contribution in [0.5, 0.6) is 0 Å². The molecule has 0 radical (unpaired) electrons. The number of hydrogen-bond acceptors (Lipinski definition) is 4. The van der Waals surface area contributed by atoms with Crippen molar-refractivity contribution in [1.29, 1.82) is 0 Å². The Kier molecular flexibility index (Phi) is 8.14. The summed E-state index contributed by atoms with van der Waals surface area (Å²) >= 11 is 13.1. The summed E-state index contributed by atoms with van der Waals surface area (Å²) in [6.07, 6.45) is 1.55. The van der Waals surface area contributed by atoms with Gasteiger partial charge >= 0.3 is 0 Å². The number of carbonyl (C=O) groups excluding carboxylic acids is 2. The number of rotatable bonds is 6. The summed E-state index contributed by atoms with van der Waals surface area (Å²) in [5, 5.41) is 3.84. The highest BCUT2D eigenvalue weighted by atomic mass is 35.5. The van der Waals surface area contributed by atoms with Crippen molar-refractivity contribution < 1.29 is 14.0 Å².